The summed E-state index contributed by atoms with van der Waals surface area (Å²) >= 11 is 0. The quantitative estimate of drug-likeness (QED) is 0.354. The van der Waals surface area contributed by atoms with Gasteiger partial charge >= 0.3 is 5.97 Å². The summed E-state index contributed by atoms with van der Waals surface area (Å²) in [5.41, 5.74) is -1.01. The first-order valence-corrected chi connectivity index (χ1v) is 4.02. The third kappa shape index (κ3) is 0.805. The molecule has 0 aromatic rings. The Morgan fingerprint density at radius 1 is 1.73 bits per heavy atom. The Balaban J connectivity index is 2.30. The molecule has 0 aromatic heterocycles. The van der Waals surface area contributed by atoms with Gasteiger partial charge in [-0.05, 0) is 12.8 Å². The van der Waals surface area contributed by atoms with Crippen LogP contribution in [0.3, 0.4) is 0 Å². The molecule has 1 aliphatic heterocycles. The van der Waals surface area contributed by atoms with Crippen LogP contribution >= 0.6 is 0 Å². The lowest BCUT2D eigenvalue weighted by Crippen LogP contribution is -2.50. The van der Waals surface area contributed by atoms with E-state index in [4.69, 9.17) is 9.16 Å². The number of esters is 1. The Hall–Kier alpha value is -0.570. The highest BCUT2D eigenvalue weighted by Crippen LogP contribution is 2.38. The van der Waals surface area contributed by atoms with E-state index in [2.05, 4.69) is 0 Å². The monoisotopic (exact) mass is 156 g/mol. The van der Waals surface area contributed by atoms with Crippen LogP contribution in [0, 0.1) is 5.92 Å². The van der Waals surface area contributed by atoms with Crippen LogP contribution in [-0.4, -0.2) is 25.3 Å². The van der Waals surface area contributed by atoms with Crippen LogP contribution in [0.2, 0.25) is 0 Å². The highest BCUT2D eigenvalue weighted by Gasteiger charge is 2.52. The summed E-state index contributed by atoms with van der Waals surface area (Å²) in [4.78, 5) is 0. The lowest BCUT2D eigenvalue weighted by atomic mass is 9.94. The number of hydrogen-bond acceptors (Lipinski definition) is 2. The fraction of sp³-hybridized carbons (Fsp3) is 0.875. The minimum atomic E-state index is -1.01. The molecule has 0 unspecified atom stereocenters. The van der Waals surface area contributed by atoms with E-state index in [1.807, 2.05) is 0 Å². The highest BCUT2D eigenvalue weighted by molar-refractivity contribution is 5.82. The number of fused-ring (bicyclic) bond motifs is 1. The Morgan fingerprint density at radius 2 is 2.55 bits per heavy atom. The average molecular weight is 156 g/mol. The van der Waals surface area contributed by atoms with Crippen molar-refractivity contribution in [2.75, 3.05) is 13.7 Å². The van der Waals surface area contributed by atoms with Gasteiger partial charge in [0.2, 0.25) is 0 Å². The number of rotatable bonds is 0. The third-order valence-corrected chi connectivity index (χ3v) is 2.71. The molecule has 1 saturated heterocycles. The molecule has 0 amide bonds. The average Bonchev–Trinajstić information content (AvgIpc) is 2.44. The lowest BCUT2D eigenvalue weighted by molar-refractivity contribution is -0.494. The van der Waals surface area contributed by atoms with Crippen molar-refractivity contribution in [3.63, 3.8) is 0 Å². The first kappa shape index (κ1) is 7.10. The van der Waals surface area contributed by atoms with E-state index in [1.165, 1.54) is 7.11 Å². The van der Waals surface area contributed by atoms with E-state index in [1.54, 1.807) is 0 Å². The molecule has 1 aliphatic carbocycles. The maximum absolute atomic E-state index is 11.9. The van der Waals surface area contributed by atoms with Gasteiger partial charge in [-0.3, -0.25) is 0 Å². The first-order valence-electron chi connectivity index (χ1n) is 4.02. The van der Waals surface area contributed by atoms with E-state index in [0.29, 0.717) is 19.0 Å². The molecule has 2 aliphatic rings. The summed E-state index contributed by atoms with van der Waals surface area (Å²) in [5.74, 6) is 0.484. The van der Waals surface area contributed by atoms with E-state index in [0.717, 1.165) is 12.8 Å². The third-order valence-electron chi connectivity index (χ3n) is 2.71. The summed E-state index contributed by atoms with van der Waals surface area (Å²) in [6, 6.07) is 0. The zero-order valence-corrected chi connectivity index (χ0v) is 6.63. The molecule has 1 saturated carbocycles. The zero-order chi connectivity index (χ0) is 7.90. The Kier molecular flexibility index (Phi) is 1.42. The van der Waals surface area contributed by atoms with Crippen molar-refractivity contribution >= 4 is 5.97 Å². The smallest absolute Gasteiger partial charge is 0.474 e. The Morgan fingerprint density at radius 3 is 3.27 bits per heavy atom. The molecule has 0 spiro atoms. The fourth-order valence-corrected chi connectivity index (χ4v) is 2.07. The second-order valence-electron chi connectivity index (χ2n) is 3.28. The number of cyclic esters (lactones) is 1. The van der Waals surface area contributed by atoms with Gasteiger partial charge in [-0.15, -0.1) is 0 Å². The summed E-state index contributed by atoms with van der Waals surface area (Å²) in [6.45, 7) is 0.562. The summed E-state index contributed by atoms with van der Waals surface area (Å²) < 4.78 is 10.1. The van der Waals surface area contributed by atoms with Gasteiger partial charge < -0.3 is 14.3 Å². The Labute approximate surface area is 65.7 Å². The van der Waals surface area contributed by atoms with Gasteiger partial charge in [-0.1, -0.05) is 6.42 Å². The topological polar surface area (TPSA) is 43.6 Å². The number of carbonyl (C=O) groups excluding carboxylic acids is 1. The van der Waals surface area contributed by atoms with E-state index in [-0.39, 0.29) is 5.92 Å². The van der Waals surface area contributed by atoms with Gasteiger partial charge in [0.25, 0.3) is 0 Å². The van der Waals surface area contributed by atoms with Crippen LogP contribution in [0.1, 0.15) is 19.3 Å². The molecule has 2 rings (SSSR count). The number of hydrogen-bond donors (Lipinski definition) is 0. The van der Waals surface area contributed by atoms with Crippen molar-refractivity contribution < 1.29 is 14.3 Å². The second kappa shape index (κ2) is 2.21. The van der Waals surface area contributed by atoms with Gasteiger partial charge in [0.05, 0.1) is 5.60 Å². The predicted molar refractivity (Wildman–Crippen MR) is 37.0 cm³/mol. The van der Waals surface area contributed by atoms with Gasteiger partial charge in [0.1, 0.15) is 0 Å². The summed E-state index contributed by atoms with van der Waals surface area (Å²) in [6.07, 6.45) is 2.70. The maximum Gasteiger partial charge on any atom is 0.474 e. The minimum Gasteiger partial charge on any atom is -0.837 e. The van der Waals surface area contributed by atoms with Crippen LogP contribution in [0.15, 0.2) is 0 Å². The normalized spacial score (nSPS) is 46.0. The van der Waals surface area contributed by atoms with Crippen LogP contribution < -0.4 is 5.11 Å². The molecular formula is C8H12O3. The standard InChI is InChI=1S/C8H12O3/c1-10-7-8(9)4-2-3-6(8)5-11-7/h6H,2-5H2,1H3/t6-,8+/m1/s1. The van der Waals surface area contributed by atoms with E-state index >= 15 is 0 Å². The summed E-state index contributed by atoms with van der Waals surface area (Å²) in [5, 5.41) is 11.9. The molecule has 11 heavy (non-hydrogen) atoms. The van der Waals surface area contributed by atoms with Crippen LogP contribution in [0.25, 0.3) is 0 Å². The molecule has 2 fully saturated rings. The molecule has 0 N–H and O–H groups in total. The second-order valence-corrected chi connectivity index (χ2v) is 3.28. The molecule has 2 atom stereocenters. The van der Waals surface area contributed by atoms with Crippen molar-refractivity contribution in [1.82, 2.24) is 0 Å². The van der Waals surface area contributed by atoms with E-state index < -0.39 is 5.60 Å². The molecule has 3 heteroatoms. The van der Waals surface area contributed by atoms with Gasteiger partial charge in [0.15, 0.2) is 13.7 Å². The molecule has 0 bridgehead atoms. The highest BCUT2D eigenvalue weighted by atomic mass is 16.6. The van der Waals surface area contributed by atoms with E-state index in [9.17, 15) is 5.11 Å². The van der Waals surface area contributed by atoms with Crippen molar-refractivity contribution in [1.29, 1.82) is 0 Å². The maximum atomic E-state index is 11.9. The molecular weight excluding hydrogens is 144 g/mol. The summed E-state index contributed by atoms with van der Waals surface area (Å²) in [7, 11) is 1.51. The van der Waals surface area contributed by atoms with Crippen molar-refractivity contribution in [2.45, 2.75) is 24.9 Å². The van der Waals surface area contributed by atoms with Crippen molar-refractivity contribution in [3.05, 3.63) is 0 Å². The van der Waals surface area contributed by atoms with Gasteiger partial charge in [0, 0.05) is 5.92 Å². The van der Waals surface area contributed by atoms with Crippen molar-refractivity contribution in [2.24, 2.45) is 5.92 Å². The predicted octanol–water partition coefficient (Wildman–Crippen LogP) is -0.392. The lowest BCUT2D eigenvalue weighted by Gasteiger charge is -2.26. The fourth-order valence-electron chi connectivity index (χ4n) is 2.07. The van der Waals surface area contributed by atoms with Crippen molar-refractivity contribution in [3.8, 4) is 0 Å². The minimum absolute atomic E-state index is 0.164. The van der Waals surface area contributed by atoms with Crippen LogP contribution in [-0.2, 0) is 9.16 Å². The molecule has 3 nitrogen and oxygen atoms in total. The molecule has 0 aromatic carbocycles. The molecule has 62 valence electrons. The number of ether oxygens (including phenoxy) is 1. The zero-order valence-electron chi connectivity index (χ0n) is 6.63. The van der Waals surface area contributed by atoms with Gasteiger partial charge in [-0.25, -0.2) is 0 Å². The molecule has 1 heterocycles. The van der Waals surface area contributed by atoms with Crippen LogP contribution in [0.5, 0.6) is 0 Å². The Bertz CT molecular complexity index is 200. The van der Waals surface area contributed by atoms with Gasteiger partial charge in [-0.2, -0.15) is 0 Å². The SMILES string of the molecule is C[O+]=C1OC[C@H]2CCC[C@@]12[O-]. The largest absolute Gasteiger partial charge is 0.837 e. The van der Waals surface area contributed by atoms with Crippen LogP contribution in [0.4, 0.5) is 0 Å². The first-order chi connectivity index (χ1) is 5.27. The molecule has 0 radical (unpaired) electrons.